The molecule has 2 aromatic rings. The number of pyridine rings is 1. The molecule has 0 amide bonds. The number of nitrogens with zero attached hydrogens (tertiary/aromatic N) is 2. The van der Waals surface area contributed by atoms with Gasteiger partial charge in [-0.05, 0) is 50.3 Å². The van der Waals surface area contributed by atoms with Crippen molar-refractivity contribution in [2.45, 2.75) is 20.3 Å². The normalized spacial score (nSPS) is 10.2. The molecule has 22 heavy (non-hydrogen) atoms. The second-order valence-corrected chi connectivity index (χ2v) is 5.26. The van der Waals surface area contributed by atoms with Gasteiger partial charge < -0.3 is 10.2 Å². The molecule has 3 nitrogen and oxygen atoms in total. The van der Waals surface area contributed by atoms with Crippen molar-refractivity contribution in [3.63, 3.8) is 0 Å². The van der Waals surface area contributed by atoms with Crippen LogP contribution in [0.4, 0.5) is 5.69 Å². The second kappa shape index (κ2) is 10.9. The Kier molecular flexibility index (Phi) is 10.5. The number of anilines is 1. The van der Waals surface area contributed by atoms with E-state index in [-0.39, 0.29) is 24.8 Å². The van der Waals surface area contributed by atoms with E-state index in [4.69, 9.17) is 11.6 Å². The zero-order chi connectivity index (χ0) is 14.4. The van der Waals surface area contributed by atoms with Crippen LogP contribution in [0.3, 0.4) is 0 Å². The first-order chi connectivity index (χ1) is 9.74. The maximum absolute atomic E-state index is 6.00. The average molecular weight is 365 g/mol. The molecule has 0 aliphatic carbocycles. The summed E-state index contributed by atoms with van der Waals surface area (Å²) >= 11 is 6.00. The summed E-state index contributed by atoms with van der Waals surface area (Å²) in [5.41, 5.74) is 2.07. The lowest BCUT2D eigenvalue weighted by Gasteiger charge is -2.18. The molecule has 1 aromatic heterocycles. The van der Waals surface area contributed by atoms with Crippen LogP contribution < -0.4 is 5.32 Å². The lowest BCUT2D eigenvalue weighted by atomic mass is 10.2. The van der Waals surface area contributed by atoms with Crippen LogP contribution in [-0.4, -0.2) is 36.1 Å². The van der Waals surface area contributed by atoms with Crippen molar-refractivity contribution < 1.29 is 0 Å². The third kappa shape index (κ3) is 5.81. The lowest BCUT2D eigenvalue weighted by molar-refractivity contribution is 0.303. The van der Waals surface area contributed by atoms with Gasteiger partial charge in [-0.25, -0.2) is 0 Å². The summed E-state index contributed by atoms with van der Waals surface area (Å²) < 4.78 is 0. The number of hydrogen-bond donors (Lipinski definition) is 1. The fourth-order valence-electron chi connectivity index (χ4n) is 2.34. The monoisotopic (exact) mass is 363 g/mol. The van der Waals surface area contributed by atoms with E-state index < -0.39 is 0 Å². The predicted octanol–water partition coefficient (Wildman–Crippen LogP) is 4.88. The van der Waals surface area contributed by atoms with Gasteiger partial charge in [-0.3, -0.25) is 4.98 Å². The Labute approximate surface area is 150 Å². The molecule has 0 bridgehead atoms. The van der Waals surface area contributed by atoms with E-state index in [1.54, 1.807) is 0 Å². The van der Waals surface area contributed by atoms with Crippen LogP contribution in [0.25, 0.3) is 10.9 Å². The number of halogens is 3. The highest BCUT2D eigenvalue weighted by molar-refractivity contribution is 6.31. The summed E-state index contributed by atoms with van der Waals surface area (Å²) in [4.78, 5) is 6.79. The summed E-state index contributed by atoms with van der Waals surface area (Å²) in [6, 6.07) is 7.86. The highest BCUT2D eigenvalue weighted by Gasteiger charge is 2.03. The topological polar surface area (TPSA) is 28.2 Å². The van der Waals surface area contributed by atoms with E-state index in [1.807, 2.05) is 30.5 Å². The molecule has 0 fully saturated rings. The molecule has 1 heterocycles. The molecule has 1 N–H and O–H groups in total. The molecule has 1 aromatic carbocycles. The number of benzene rings is 1. The van der Waals surface area contributed by atoms with Crippen LogP contribution in [0, 0.1) is 0 Å². The number of fused-ring (bicyclic) bond motifs is 1. The van der Waals surface area contributed by atoms with Gasteiger partial charge in [0.1, 0.15) is 0 Å². The smallest absolute Gasteiger partial charge is 0.0737 e. The fourth-order valence-corrected chi connectivity index (χ4v) is 2.51. The van der Waals surface area contributed by atoms with E-state index in [9.17, 15) is 0 Å². The summed E-state index contributed by atoms with van der Waals surface area (Å²) in [7, 11) is 0. The maximum Gasteiger partial charge on any atom is 0.0737 e. The molecule has 124 valence electrons. The van der Waals surface area contributed by atoms with E-state index in [0.717, 1.165) is 54.2 Å². The molecule has 2 rings (SSSR count). The van der Waals surface area contributed by atoms with Gasteiger partial charge in [-0.15, -0.1) is 24.8 Å². The zero-order valence-corrected chi connectivity index (χ0v) is 15.4. The van der Waals surface area contributed by atoms with Gasteiger partial charge >= 0.3 is 0 Å². The van der Waals surface area contributed by atoms with Gasteiger partial charge in [0.2, 0.25) is 0 Å². The average Bonchev–Trinajstić information content (AvgIpc) is 2.47. The zero-order valence-electron chi connectivity index (χ0n) is 13.0. The quantitative estimate of drug-likeness (QED) is 0.710. The van der Waals surface area contributed by atoms with Gasteiger partial charge in [0.15, 0.2) is 0 Å². The molecule has 0 aliphatic rings. The van der Waals surface area contributed by atoms with Gasteiger partial charge in [0, 0.05) is 28.8 Å². The Morgan fingerprint density at radius 3 is 2.55 bits per heavy atom. The Hall–Kier alpha value is -0.740. The summed E-state index contributed by atoms with van der Waals surface area (Å²) in [6.07, 6.45) is 2.96. The first-order valence-electron chi connectivity index (χ1n) is 7.25. The minimum absolute atomic E-state index is 0. The Bertz CT molecular complexity index is 559. The third-order valence-corrected chi connectivity index (χ3v) is 3.80. The van der Waals surface area contributed by atoms with Gasteiger partial charge in [0.05, 0.1) is 5.52 Å². The van der Waals surface area contributed by atoms with Crippen LogP contribution in [0.15, 0.2) is 30.5 Å². The minimum atomic E-state index is 0. The molecule has 0 radical (unpaired) electrons. The van der Waals surface area contributed by atoms with Crippen molar-refractivity contribution in [3.05, 3.63) is 35.5 Å². The lowest BCUT2D eigenvalue weighted by Crippen LogP contribution is -2.25. The van der Waals surface area contributed by atoms with E-state index >= 15 is 0 Å². The van der Waals surface area contributed by atoms with Crippen molar-refractivity contribution >= 4 is 53.0 Å². The van der Waals surface area contributed by atoms with Crippen LogP contribution in [0.5, 0.6) is 0 Å². The van der Waals surface area contributed by atoms with Crippen molar-refractivity contribution in [2.75, 3.05) is 31.5 Å². The van der Waals surface area contributed by atoms with Crippen molar-refractivity contribution in [1.29, 1.82) is 0 Å². The standard InChI is InChI=1S/C16H22ClN3.2ClH/c1-3-20(4-2)11-5-9-18-15-8-10-19-16-12-13(17)6-7-14(15)16;;/h6-8,10,12H,3-5,9,11H2,1-2H3,(H,18,19);2*1H. The summed E-state index contributed by atoms with van der Waals surface area (Å²) in [6.45, 7) is 8.75. The number of nitrogens with one attached hydrogen (secondary N) is 1. The second-order valence-electron chi connectivity index (χ2n) is 4.83. The van der Waals surface area contributed by atoms with Crippen molar-refractivity contribution in [3.8, 4) is 0 Å². The van der Waals surface area contributed by atoms with Crippen molar-refractivity contribution in [2.24, 2.45) is 0 Å². The molecule has 0 saturated heterocycles. The van der Waals surface area contributed by atoms with Crippen molar-refractivity contribution in [1.82, 2.24) is 9.88 Å². The molecular formula is C16H24Cl3N3. The highest BCUT2D eigenvalue weighted by Crippen LogP contribution is 2.24. The fraction of sp³-hybridized carbons (Fsp3) is 0.438. The van der Waals surface area contributed by atoms with Crippen LogP contribution in [-0.2, 0) is 0 Å². The van der Waals surface area contributed by atoms with Crippen LogP contribution in [0.2, 0.25) is 5.02 Å². The Balaban J connectivity index is 0.00000220. The highest BCUT2D eigenvalue weighted by atomic mass is 35.5. The predicted molar refractivity (Wildman–Crippen MR) is 102 cm³/mol. The third-order valence-electron chi connectivity index (χ3n) is 3.57. The minimum Gasteiger partial charge on any atom is -0.384 e. The van der Waals surface area contributed by atoms with Gasteiger partial charge in [0.25, 0.3) is 0 Å². The van der Waals surface area contributed by atoms with E-state index in [2.05, 4.69) is 29.0 Å². The molecule has 6 heteroatoms. The first kappa shape index (κ1) is 21.3. The molecular weight excluding hydrogens is 341 g/mol. The molecule has 0 aliphatic heterocycles. The molecule has 0 atom stereocenters. The number of aromatic nitrogens is 1. The Morgan fingerprint density at radius 2 is 1.86 bits per heavy atom. The van der Waals surface area contributed by atoms with E-state index in [1.165, 1.54) is 0 Å². The summed E-state index contributed by atoms with van der Waals surface area (Å²) in [5.74, 6) is 0. The maximum atomic E-state index is 6.00. The van der Waals surface area contributed by atoms with Crippen LogP contribution in [0.1, 0.15) is 20.3 Å². The SMILES string of the molecule is CCN(CC)CCCNc1ccnc2cc(Cl)ccc12.Cl.Cl. The molecule has 0 unspecified atom stereocenters. The van der Waals surface area contributed by atoms with Crippen LogP contribution >= 0.6 is 36.4 Å². The van der Waals surface area contributed by atoms with Gasteiger partial charge in [-0.1, -0.05) is 25.4 Å². The molecule has 0 spiro atoms. The first-order valence-corrected chi connectivity index (χ1v) is 7.63. The van der Waals surface area contributed by atoms with E-state index in [0.29, 0.717) is 0 Å². The molecule has 0 saturated carbocycles. The van der Waals surface area contributed by atoms with Gasteiger partial charge in [-0.2, -0.15) is 0 Å². The summed E-state index contributed by atoms with van der Waals surface area (Å²) in [5, 5.41) is 5.35. The number of hydrogen-bond acceptors (Lipinski definition) is 3. The largest absolute Gasteiger partial charge is 0.384 e. The number of rotatable bonds is 7. The Morgan fingerprint density at radius 1 is 1.14 bits per heavy atom.